The van der Waals surface area contributed by atoms with E-state index in [1.807, 2.05) is 36.3 Å². The highest BCUT2D eigenvalue weighted by Crippen LogP contribution is 2.22. The van der Waals surface area contributed by atoms with Gasteiger partial charge >= 0.3 is 0 Å². The van der Waals surface area contributed by atoms with E-state index in [9.17, 15) is 0 Å². The Hall–Kier alpha value is -2.70. The zero-order valence-corrected chi connectivity index (χ0v) is 16.4. The van der Waals surface area contributed by atoms with E-state index in [4.69, 9.17) is 9.47 Å². The van der Waals surface area contributed by atoms with Gasteiger partial charge in [-0.05, 0) is 35.7 Å². The summed E-state index contributed by atoms with van der Waals surface area (Å²) in [5, 5.41) is 4.25. The molecule has 28 heavy (non-hydrogen) atoms. The van der Waals surface area contributed by atoms with Gasteiger partial charge in [-0.2, -0.15) is 5.10 Å². The second-order valence-electron chi connectivity index (χ2n) is 7.23. The van der Waals surface area contributed by atoms with E-state index in [1.54, 1.807) is 7.11 Å². The summed E-state index contributed by atoms with van der Waals surface area (Å²) in [6, 6.07) is 12.4. The van der Waals surface area contributed by atoms with E-state index in [-0.39, 0.29) is 6.10 Å². The average molecular weight is 378 g/mol. The van der Waals surface area contributed by atoms with Crippen LogP contribution in [0.25, 0.3) is 0 Å². The van der Waals surface area contributed by atoms with Gasteiger partial charge in [-0.1, -0.05) is 18.2 Å². The van der Waals surface area contributed by atoms with Crippen molar-refractivity contribution in [1.29, 1.82) is 0 Å². The standard InChI is InChI=1S/C22H26N4O2/c1-25-14-19(13-24-25)15-26-9-10-28-22(16-26)21-8-5-18(12-23-21)11-17-3-6-20(27-2)7-4-17/h3-8,12-14,22H,9-11,15-16H2,1-2H3. The molecule has 1 saturated heterocycles. The lowest BCUT2D eigenvalue weighted by Crippen LogP contribution is -2.38. The Kier molecular flexibility index (Phi) is 5.69. The second-order valence-corrected chi connectivity index (χ2v) is 7.23. The Labute approximate surface area is 165 Å². The zero-order valence-electron chi connectivity index (χ0n) is 16.4. The van der Waals surface area contributed by atoms with Crippen LogP contribution in [-0.4, -0.2) is 46.5 Å². The lowest BCUT2D eigenvalue weighted by Gasteiger charge is -2.32. The fourth-order valence-corrected chi connectivity index (χ4v) is 3.55. The van der Waals surface area contributed by atoms with Gasteiger partial charge in [0.2, 0.25) is 0 Å². The number of aryl methyl sites for hydroxylation is 1. The van der Waals surface area contributed by atoms with Crippen LogP contribution in [-0.2, 0) is 24.8 Å². The van der Waals surface area contributed by atoms with Crippen molar-refractivity contribution in [2.75, 3.05) is 26.8 Å². The first kappa shape index (κ1) is 18.7. The van der Waals surface area contributed by atoms with Crippen LogP contribution in [0.1, 0.15) is 28.5 Å². The molecular formula is C22H26N4O2. The first-order valence-electron chi connectivity index (χ1n) is 9.59. The van der Waals surface area contributed by atoms with E-state index >= 15 is 0 Å². The Morgan fingerprint density at radius 2 is 1.89 bits per heavy atom. The van der Waals surface area contributed by atoms with Crippen LogP contribution in [0.4, 0.5) is 0 Å². The molecule has 1 unspecified atom stereocenters. The number of methoxy groups -OCH3 is 1. The number of aromatic nitrogens is 3. The number of rotatable bonds is 6. The molecule has 3 heterocycles. The Morgan fingerprint density at radius 3 is 2.57 bits per heavy atom. The Morgan fingerprint density at radius 1 is 1.07 bits per heavy atom. The summed E-state index contributed by atoms with van der Waals surface area (Å²) in [5.74, 6) is 0.877. The lowest BCUT2D eigenvalue weighted by molar-refractivity contribution is -0.0350. The van der Waals surface area contributed by atoms with Gasteiger partial charge in [-0.3, -0.25) is 14.6 Å². The van der Waals surface area contributed by atoms with E-state index in [1.165, 1.54) is 16.7 Å². The van der Waals surface area contributed by atoms with Crippen molar-refractivity contribution in [3.8, 4) is 5.75 Å². The molecule has 2 aromatic heterocycles. The second kappa shape index (κ2) is 8.54. The maximum Gasteiger partial charge on any atom is 0.118 e. The molecule has 6 heteroatoms. The summed E-state index contributed by atoms with van der Waals surface area (Å²) >= 11 is 0. The minimum atomic E-state index is 0.0143. The zero-order chi connectivity index (χ0) is 19.3. The molecule has 1 aliphatic rings. The number of pyridine rings is 1. The van der Waals surface area contributed by atoms with E-state index in [2.05, 4.69) is 45.4 Å². The minimum absolute atomic E-state index is 0.0143. The van der Waals surface area contributed by atoms with Crippen LogP contribution in [0, 0.1) is 0 Å². The summed E-state index contributed by atoms with van der Waals surface area (Å²) in [5.41, 5.74) is 4.66. The smallest absolute Gasteiger partial charge is 0.118 e. The molecule has 0 N–H and O–H groups in total. The van der Waals surface area contributed by atoms with Crippen molar-refractivity contribution in [3.05, 3.63) is 77.4 Å². The van der Waals surface area contributed by atoms with E-state index in [0.717, 1.165) is 44.1 Å². The molecule has 1 aliphatic heterocycles. The van der Waals surface area contributed by atoms with Crippen molar-refractivity contribution in [3.63, 3.8) is 0 Å². The first-order chi connectivity index (χ1) is 13.7. The quantitative estimate of drug-likeness (QED) is 0.660. The third-order valence-electron chi connectivity index (χ3n) is 5.06. The summed E-state index contributed by atoms with van der Waals surface area (Å²) < 4.78 is 13.0. The van der Waals surface area contributed by atoms with Crippen molar-refractivity contribution >= 4 is 0 Å². The highest BCUT2D eigenvalue weighted by atomic mass is 16.5. The van der Waals surface area contributed by atoms with Crippen LogP contribution in [0.15, 0.2) is 55.0 Å². The maximum atomic E-state index is 5.98. The molecule has 0 radical (unpaired) electrons. The van der Waals surface area contributed by atoms with Crippen molar-refractivity contribution in [2.24, 2.45) is 7.05 Å². The number of nitrogens with zero attached hydrogens (tertiary/aromatic N) is 4. The van der Waals surface area contributed by atoms with Gasteiger partial charge in [0, 0.05) is 44.6 Å². The highest BCUT2D eigenvalue weighted by Gasteiger charge is 2.23. The summed E-state index contributed by atoms with van der Waals surface area (Å²) in [6.07, 6.45) is 6.83. The number of hydrogen-bond donors (Lipinski definition) is 0. The van der Waals surface area contributed by atoms with Gasteiger partial charge in [0.1, 0.15) is 11.9 Å². The molecule has 1 aromatic carbocycles. The van der Waals surface area contributed by atoms with Crippen LogP contribution in [0.3, 0.4) is 0 Å². The van der Waals surface area contributed by atoms with Crippen LogP contribution >= 0.6 is 0 Å². The fourth-order valence-electron chi connectivity index (χ4n) is 3.55. The maximum absolute atomic E-state index is 5.98. The predicted molar refractivity (Wildman–Crippen MR) is 107 cm³/mol. The molecule has 1 atom stereocenters. The van der Waals surface area contributed by atoms with E-state index in [0.29, 0.717) is 0 Å². The number of ether oxygens (including phenoxy) is 2. The third-order valence-corrected chi connectivity index (χ3v) is 5.06. The Balaban J connectivity index is 1.37. The summed E-state index contributed by atoms with van der Waals surface area (Å²) in [6.45, 7) is 3.39. The highest BCUT2D eigenvalue weighted by molar-refractivity contribution is 5.31. The predicted octanol–water partition coefficient (Wildman–Crippen LogP) is 2.99. The number of benzene rings is 1. The van der Waals surface area contributed by atoms with Gasteiger partial charge in [0.05, 0.1) is 25.6 Å². The molecule has 1 fully saturated rings. The molecule has 0 spiro atoms. The van der Waals surface area contributed by atoms with Crippen molar-refractivity contribution in [1.82, 2.24) is 19.7 Å². The average Bonchev–Trinajstić information content (AvgIpc) is 3.14. The molecule has 6 nitrogen and oxygen atoms in total. The summed E-state index contributed by atoms with van der Waals surface area (Å²) in [7, 11) is 3.63. The molecule has 0 amide bonds. The summed E-state index contributed by atoms with van der Waals surface area (Å²) in [4.78, 5) is 7.09. The SMILES string of the molecule is COc1ccc(Cc2ccc(C3CN(Cc4cnn(C)c4)CCO3)nc2)cc1. The largest absolute Gasteiger partial charge is 0.497 e. The van der Waals surface area contributed by atoms with Gasteiger partial charge in [-0.25, -0.2) is 0 Å². The van der Waals surface area contributed by atoms with Crippen LogP contribution in [0.5, 0.6) is 5.75 Å². The normalized spacial score (nSPS) is 17.6. The monoisotopic (exact) mass is 378 g/mol. The van der Waals surface area contributed by atoms with Crippen molar-refractivity contribution in [2.45, 2.75) is 19.1 Å². The number of hydrogen-bond acceptors (Lipinski definition) is 5. The van der Waals surface area contributed by atoms with E-state index < -0.39 is 0 Å². The lowest BCUT2D eigenvalue weighted by atomic mass is 10.1. The van der Waals surface area contributed by atoms with Gasteiger partial charge < -0.3 is 9.47 Å². The van der Waals surface area contributed by atoms with Gasteiger partial charge in [-0.15, -0.1) is 0 Å². The molecule has 0 saturated carbocycles. The molecule has 3 aromatic rings. The Bertz CT molecular complexity index is 890. The minimum Gasteiger partial charge on any atom is -0.497 e. The molecular weight excluding hydrogens is 352 g/mol. The molecule has 146 valence electrons. The number of morpholine rings is 1. The molecule has 4 rings (SSSR count). The van der Waals surface area contributed by atoms with Crippen LogP contribution < -0.4 is 4.74 Å². The topological polar surface area (TPSA) is 52.4 Å². The third kappa shape index (κ3) is 4.58. The van der Waals surface area contributed by atoms with Crippen molar-refractivity contribution < 1.29 is 9.47 Å². The molecule has 0 aliphatic carbocycles. The van der Waals surface area contributed by atoms with Gasteiger partial charge in [0.25, 0.3) is 0 Å². The fraction of sp³-hybridized carbons (Fsp3) is 0.364. The van der Waals surface area contributed by atoms with Gasteiger partial charge in [0.15, 0.2) is 0 Å². The first-order valence-corrected chi connectivity index (χ1v) is 9.59. The van der Waals surface area contributed by atoms with Crippen LogP contribution in [0.2, 0.25) is 0 Å². The molecule has 0 bridgehead atoms.